The molecule has 8 rings (SSSR count). The average Bonchev–Trinajstić information content (AvgIpc) is 4.16. The maximum Gasteiger partial charge on any atom is 0.222 e. The molecule has 0 spiro atoms. The fourth-order valence-corrected chi connectivity index (χ4v) is 4.60. The summed E-state index contributed by atoms with van der Waals surface area (Å²) >= 11 is 0. The lowest BCUT2D eigenvalue weighted by Crippen LogP contribution is -2.17. The number of imidazole rings is 3. The van der Waals surface area contributed by atoms with Gasteiger partial charge in [0.05, 0.1) is 35.7 Å². The third kappa shape index (κ3) is 27.5. The van der Waals surface area contributed by atoms with Crippen molar-refractivity contribution in [3.63, 3.8) is 0 Å². The van der Waals surface area contributed by atoms with Crippen LogP contribution in [0.5, 0.6) is 0 Å². The minimum Gasteiger partial charge on any atom is -0.399 e. The van der Waals surface area contributed by atoms with Gasteiger partial charge in [0.25, 0.3) is 0 Å². The fraction of sp³-hybridized carbons (Fsp3) is 0.277. The summed E-state index contributed by atoms with van der Waals surface area (Å²) in [5.74, 6) is 0.660. The van der Waals surface area contributed by atoms with E-state index in [1.807, 2.05) is 168 Å². The zero-order valence-corrected chi connectivity index (χ0v) is 38.8. The van der Waals surface area contributed by atoms with Gasteiger partial charge in [-0.25, -0.2) is 24.9 Å². The number of hydrogen-bond donors (Lipinski definition) is 8. The largest absolute Gasteiger partial charge is 0.399 e. The number of para-hydroxylation sites is 3. The van der Waals surface area contributed by atoms with E-state index in [0.717, 1.165) is 60.9 Å². The van der Waals surface area contributed by atoms with Crippen molar-refractivity contribution in [1.82, 2.24) is 54.2 Å². The molecule has 3 aromatic carbocycles. The molecular weight excluding hydrogens is 803 g/mol. The Kier molecular flexibility index (Phi) is 32.0. The molecule has 0 atom stereocenters. The van der Waals surface area contributed by atoms with E-state index in [2.05, 4.69) is 72.4 Å². The van der Waals surface area contributed by atoms with Crippen molar-refractivity contribution in [2.45, 2.75) is 13.0 Å². The van der Waals surface area contributed by atoms with Gasteiger partial charge in [0, 0.05) is 129 Å². The molecule has 0 aliphatic heterocycles. The number of pyridine rings is 1. The molecule has 0 saturated heterocycles. The number of fused-ring (bicyclic) bond motifs is 1. The van der Waals surface area contributed by atoms with Crippen LogP contribution in [-0.2, 0) is 20.6 Å². The van der Waals surface area contributed by atoms with Crippen molar-refractivity contribution in [2.24, 2.45) is 19.8 Å². The highest BCUT2D eigenvalue weighted by molar-refractivity contribution is 5.74. The Bertz CT molecular complexity index is 2050. The van der Waals surface area contributed by atoms with Crippen molar-refractivity contribution in [2.75, 3.05) is 88.9 Å². The summed E-state index contributed by atoms with van der Waals surface area (Å²) in [7, 11) is 15.2. The van der Waals surface area contributed by atoms with Gasteiger partial charge in [-0.3, -0.25) is 4.98 Å². The lowest BCUT2D eigenvalue weighted by Gasteiger charge is -1.99. The van der Waals surface area contributed by atoms with Gasteiger partial charge in [0.2, 0.25) is 5.95 Å². The van der Waals surface area contributed by atoms with Crippen LogP contribution in [0.15, 0.2) is 166 Å². The molecule has 0 aliphatic rings. The van der Waals surface area contributed by atoms with Crippen molar-refractivity contribution < 1.29 is 0 Å². The van der Waals surface area contributed by atoms with E-state index in [1.54, 1.807) is 56.6 Å². The van der Waals surface area contributed by atoms with Crippen LogP contribution in [0.2, 0.25) is 0 Å². The van der Waals surface area contributed by atoms with Crippen LogP contribution in [-0.4, -0.2) is 106 Å². The molecule has 8 aromatic rings. The minimum absolute atomic E-state index is 0.660. The van der Waals surface area contributed by atoms with Crippen LogP contribution < -0.4 is 43.4 Å². The highest BCUT2D eigenvalue weighted by Crippen LogP contribution is 2.09. The van der Waals surface area contributed by atoms with Gasteiger partial charge in [-0.05, 0) is 93.8 Å². The molecule has 0 amide bonds. The Morgan fingerprint density at radius 2 is 1.14 bits per heavy atom. The predicted molar refractivity (Wildman–Crippen MR) is 269 cm³/mol. The van der Waals surface area contributed by atoms with E-state index in [0.29, 0.717) is 5.95 Å². The van der Waals surface area contributed by atoms with Gasteiger partial charge in [0.15, 0.2) is 0 Å². The Morgan fingerprint density at radius 1 is 0.531 bits per heavy atom. The average molecular weight is 874 g/mol. The number of nitrogens with zero attached hydrogens (tertiary/aromatic N) is 9. The molecule has 64 heavy (non-hydrogen) atoms. The lowest BCUT2D eigenvalue weighted by molar-refractivity contribution is 0.612. The first-order chi connectivity index (χ1) is 31.2. The quantitative estimate of drug-likeness (QED) is 0.0557. The van der Waals surface area contributed by atoms with E-state index in [4.69, 9.17) is 11.5 Å². The first-order valence-corrected chi connectivity index (χ1v) is 20.8. The van der Waals surface area contributed by atoms with Crippen molar-refractivity contribution in [3.05, 3.63) is 166 Å². The third-order valence-electron chi connectivity index (χ3n) is 8.07. The highest BCUT2D eigenvalue weighted by atomic mass is 15.1. The summed E-state index contributed by atoms with van der Waals surface area (Å²) in [5, 5.41) is 17.8. The second kappa shape index (κ2) is 37.4. The van der Waals surface area contributed by atoms with E-state index < -0.39 is 0 Å². The van der Waals surface area contributed by atoms with Crippen LogP contribution in [0.1, 0.15) is 6.42 Å². The highest BCUT2D eigenvalue weighted by Gasteiger charge is 1.94. The number of nitrogens with two attached hydrogens (primary N) is 2. The SMILES string of the molecule is CNCCCn1ccnc1.CNCCN.CNc1ccc(N)cc1.CNc1ccccc1.CNc1cccnc1.CNc1ncccn1.Cn1ccnc1.Cn1cnc2ccccc21. The van der Waals surface area contributed by atoms with E-state index in [1.165, 1.54) is 5.52 Å². The van der Waals surface area contributed by atoms with Crippen molar-refractivity contribution >= 4 is 39.7 Å². The summed E-state index contributed by atoms with van der Waals surface area (Å²) in [4.78, 5) is 23.6. The topological polar surface area (TPSA) is 216 Å². The summed E-state index contributed by atoms with van der Waals surface area (Å²) < 4.78 is 5.98. The summed E-state index contributed by atoms with van der Waals surface area (Å²) in [5.41, 5.74) is 16.9. The number of aryl methyl sites for hydroxylation is 3. The molecular formula is C47H71N17. The molecule has 0 unspecified atom stereocenters. The standard InChI is InChI=1S/C8H8N2.C7H13N3.C7H10N2.C7H9N.C6H8N2.C5H7N3.C4H6N2.C3H10N2/c1-10-6-9-7-4-2-3-5-8(7)10;1-8-3-2-5-10-6-4-9-7-10;1-9-7-4-2-6(8)3-5-7;1-8-7-5-3-2-4-6-7;1-7-6-3-2-4-8-5-6;1-6-5-7-3-2-4-8-5;1-6-3-2-5-4-6;1-5-3-2-4/h2-6H,1H3;4,6-8H,2-3,5H2,1H3;2-5,9H,8H2,1H3;2-6,8H,1H3;2-5,7H,1H3;2-4H,1H3,(H,6,7,8);2-4H,1H3;5H,2-4H2,1H3. The molecule has 5 aromatic heterocycles. The number of likely N-dealkylation sites (N-methyl/N-ethyl adjacent to an activating group) is 1. The molecule has 0 radical (unpaired) electrons. The molecule has 5 heterocycles. The molecule has 0 bridgehead atoms. The fourth-order valence-electron chi connectivity index (χ4n) is 4.60. The van der Waals surface area contributed by atoms with Gasteiger partial charge in [-0.2, -0.15) is 0 Å². The third-order valence-corrected chi connectivity index (χ3v) is 8.07. The van der Waals surface area contributed by atoms with E-state index in [-0.39, 0.29) is 0 Å². The second-order valence-electron chi connectivity index (χ2n) is 13.0. The van der Waals surface area contributed by atoms with Gasteiger partial charge < -0.3 is 57.1 Å². The van der Waals surface area contributed by atoms with E-state index in [9.17, 15) is 0 Å². The van der Waals surface area contributed by atoms with Gasteiger partial charge in [-0.15, -0.1) is 0 Å². The Hall–Kier alpha value is -7.34. The maximum absolute atomic E-state index is 5.45. The molecule has 17 heteroatoms. The van der Waals surface area contributed by atoms with Gasteiger partial charge >= 0.3 is 0 Å². The molecule has 10 N–H and O–H groups in total. The number of rotatable bonds is 10. The van der Waals surface area contributed by atoms with Crippen LogP contribution in [0, 0.1) is 0 Å². The summed E-state index contributed by atoms with van der Waals surface area (Å²) in [6.07, 6.45) is 20.9. The Morgan fingerprint density at radius 3 is 1.58 bits per heavy atom. The first-order valence-electron chi connectivity index (χ1n) is 20.8. The van der Waals surface area contributed by atoms with E-state index >= 15 is 0 Å². The van der Waals surface area contributed by atoms with Gasteiger partial charge in [-0.1, -0.05) is 30.3 Å². The number of anilines is 5. The smallest absolute Gasteiger partial charge is 0.222 e. The van der Waals surface area contributed by atoms with Crippen LogP contribution in [0.25, 0.3) is 11.0 Å². The number of benzene rings is 3. The Labute approximate surface area is 380 Å². The number of nitrogen functional groups attached to an aromatic ring is 1. The van der Waals surface area contributed by atoms with Crippen LogP contribution in [0.4, 0.5) is 28.7 Å². The Balaban J connectivity index is 0.000000369. The summed E-state index contributed by atoms with van der Waals surface area (Å²) in [6.45, 7) is 3.77. The monoisotopic (exact) mass is 874 g/mol. The van der Waals surface area contributed by atoms with Gasteiger partial charge in [0.1, 0.15) is 0 Å². The predicted octanol–water partition coefficient (Wildman–Crippen LogP) is 6.33. The molecule has 0 aliphatic carbocycles. The number of nitrogens with one attached hydrogen (secondary N) is 6. The minimum atomic E-state index is 0.660. The van der Waals surface area contributed by atoms with Crippen LogP contribution >= 0.6 is 0 Å². The maximum atomic E-state index is 5.45. The van der Waals surface area contributed by atoms with Crippen molar-refractivity contribution in [1.29, 1.82) is 0 Å². The number of aromatic nitrogens is 9. The molecule has 0 saturated carbocycles. The molecule has 344 valence electrons. The second-order valence-corrected chi connectivity index (χ2v) is 13.0. The molecule has 17 nitrogen and oxygen atoms in total. The lowest BCUT2D eigenvalue weighted by atomic mass is 10.3. The van der Waals surface area contributed by atoms with Crippen molar-refractivity contribution in [3.8, 4) is 0 Å². The molecule has 0 fully saturated rings. The van der Waals surface area contributed by atoms with Crippen LogP contribution in [0.3, 0.4) is 0 Å². The zero-order valence-electron chi connectivity index (χ0n) is 38.8. The first kappa shape index (κ1) is 54.7. The normalized spacial score (nSPS) is 9.20. The zero-order chi connectivity index (χ0) is 46.9. The number of hydrogen-bond acceptors (Lipinski definition) is 14. The summed E-state index contributed by atoms with van der Waals surface area (Å²) in [6, 6.07) is 31.4.